The molecule has 1 aromatic rings. The molecule has 0 bridgehead atoms. The fraction of sp³-hybridized carbons (Fsp3) is 0.0909. The molecule has 0 fully saturated rings. The van der Waals surface area contributed by atoms with Gasteiger partial charge in [0, 0.05) is 17.8 Å². The minimum absolute atomic E-state index is 0.0743. The fourth-order valence-electron chi connectivity index (χ4n) is 0.980. The third kappa shape index (κ3) is 4.16. The van der Waals surface area contributed by atoms with Gasteiger partial charge in [-0.25, -0.2) is 4.79 Å². The van der Waals surface area contributed by atoms with Crippen LogP contribution in [0.15, 0.2) is 30.4 Å². The molecular weight excluding hydrogens is 246 g/mol. The summed E-state index contributed by atoms with van der Waals surface area (Å²) < 4.78 is 4.33. The van der Waals surface area contributed by atoms with E-state index in [1.54, 1.807) is 0 Å². The number of hydrogen-bond donors (Lipinski definition) is 2. The van der Waals surface area contributed by atoms with Crippen LogP contribution in [0.1, 0.15) is 0 Å². The summed E-state index contributed by atoms with van der Waals surface area (Å²) in [6.07, 6.45) is 2.03. The lowest BCUT2D eigenvalue weighted by atomic mass is 10.3. The Morgan fingerprint density at radius 3 is 2.71 bits per heavy atom. The van der Waals surface area contributed by atoms with Gasteiger partial charge in [-0.3, -0.25) is 4.79 Å². The summed E-state index contributed by atoms with van der Waals surface area (Å²) in [7, 11) is 1.21. The van der Waals surface area contributed by atoms with E-state index in [1.807, 2.05) is 0 Å². The van der Waals surface area contributed by atoms with Gasteiger partial charge in [0.1, 0.15) is 5.75 Å². The van der Waals surface area contributed by atoms with Crippen LogP contribution in [0.2, 0.25) is 5.02 Å². The van der Waals surface area contributed by atoms with Crippen molar-refractivity contribution in [1.82, 2.24) is 0 Å². The van der Waals surface area contributed by atoms with Crippen molar-refractivity contribution in [2.24, 2.45) is 0 Å². The normalized spacial score (nSPS) is 10.2. The van der Waals surface area contributed by atoms with Crippen LogP contribution in [-0.2, 0) is 14.3 Å². The Morgan fingerprint density at radius 1 is 1.41 bits per heavy atom. The second-order valence-electron chi connectivity index (χ2n) is 3.01. The van der Waals surface area contributed by atoms with Gasteiger partial charge in [-0.2, -0.15) is 0 Å². The van der Waals surface area contributed by atoms with Crippen molar-refractivity contribution in [3.63, 3.8) is 0 Å². The zero-order valence-corrected chi connectivity index (χ0v) is 9.69. The Bertz CT molecular complexity index is 471. The van der Waals surface area contributed by atoms with Crippen LogP contribution in [0.5, 0.6) is 5.75 Å². The summed E-state index contributed by atoms with van der Waals surface area (Å²) in [4.78, 5) is 22.0. The predicted molar refractivity (Wildman–Crippen MR) is 62.9 cm³/mol. The van der Waals surface area contributed by atoms with E-state index in [4.69, 9.17) is 16.7 Å². The number of nitrogens with one attached hydrogen (secondary N) is 1. The van der Waals surface area contributed by atoms with Gasteiger partial charge >= 0.3 is 5.97 Å². The van der Waals surface area contributed by atoms with Crippen molar-refractivity contribution in [3.8, 4) is 5.75 Å². The van der Waals surface area contributed by atoms with E-state index in [9.17, 15) is 9.59 Å². The number of ether oxygens (including phenoxy) is 1. The van der Waals surface area contributed by atoms with Crippen LogP contribution < -0.4 is 5.32 Å². The van der Waals surface area contributed by atoms with Crippen molar-refractivity contribution in [2.45, 2.75) is 0 Å². The highest BCUT2D eigenvalue weighted by atomic mass is 35.5. The average Bonchev–Trinajstić information content (AvgIpc) is 2.31. The van der Waals surface area contributed by atoms with Crippen LogP contribution in [0.4, 0.5) is 5.69 Å². The molecule has 0 spiro atoms. The number of hydrogen-bond acceptors (Lipinski definition) is 4. The van der Waals surface area contributed by atoms with Crippen molar-refractivity contribution in [3.05, 3.63) is 35.4 Å². The van der Waals surface area contributed by atoms with Crippen molar-refractivity contribution in [1.29, 1.82) is 0 Å². The lowest BCUT2D eigenvalue weighted by molar-refractivity contribution is -0.135. The molecule has 0 aliphatic heterocycles. The van der Waals surface area contributed by atoms with Crippen molar-refractivity contribution >= 4 is 29.2 Å². The third-order valence-electron chi connectivity index (χ3n) is 1.79. The molecule has 6 heteroatoms. The highest BCUT2D eigenvalue weighted by Gasteiger charge is 2.02. The van der Waals surface area contributed by atoms with E-state index in [0.717, 1.165) is 12.2 Å². The number of benzene rings is 1. The first-order valence-electron chi connectivity index (χ1n) is 4.58. The molecule has 0 heterocycles. The maximum atomic E-state index is 11.3. The van der Waals surface area contributed by atoms with Crippen molar-refractivity contribution in [2.75, 3.05) is 12.4 Å². The minimum Gasteiger partial charge on any atom is -0.506 e. The predicted octanol–water partition coefficient (Wildman–Crippen LogP) is 1.71. The van der Waals surface area contributed by atoms with Gasteiger partial charge < -0.3 is 15.2 Å². The largest absolute Gasteiger partial charge is 0.506 e. The molecule has 17 heavy (non-hydrogen) atoms. The molecule has 2 N–H and O–H groups in total. The number of carbonyl (C=O) groups excluding carboxylic acids is 2. The van der Waals surface area contributed by atoms with Gasteiger partial charge in [-0.15, -0.1) is 0 Å². The van der Waals surface area contributed by atoms with E-state index >= 15 is 0 Å². The van der Waals surface area contributed by atoms with Crippen LogP contribution >= 0.6 is 11.6 Å². The smallest absolute Gasteiger partial charge is 0.330 e. The van der Waals surface area contributed by atoms with Crippen molar-refractivity contribution < 1.29 is 19.4 Å². The van der Waals surface area contributed by atoms with E-state index in [-0.39, 0.29) is 10.8 Å². The summed E-state index contributed by atoms with van der Waals surface area (Å²) in [5.41, 5.74) is 0.410. The Kier molecular flexibility index (Phi) is 4.54. The lowest BCUT2D eigenvalue weighted by Crippen LogP contribution is -2.08. The zero-order chi connectivity index (χ0) is 12.8. The van der Waals surface area contributed by atoms with Gasteiger partial charge in [0.25, 0.3) is 0 Å². The number of rotatable bonds is 3. The average molecular weight is 256 g/mol. The summed E-state index contributed by atoms with van der Waals surface area (Å²) in [6, 6.07) is 4.22. The molecule has 90 valence electrons. The van der Waals surface area contributed by atoms with Gasteiger partial charge in [-0.05, 0) is 18.2 Å². The molecular formula is C11H10ClNO4. The molecule has 1 aromatic carbocycles. The maximum Gasteiger partial charge on any atom is 0.330 e. The Balaban J connectivity index is 2.65. The SMILES string of the molecule is COC(=O)C=CC(=O)Nc1ccc(O)c(Cl)c1. The summed E-state index contributed by atoms with van der Waals surface area (Å²) in [5, 5.41) is 11.8. The number of halogens is 1. The Morgan fingerprint density at radius 2 is 2.12 bits per heavy atom. The summed E-state index contributed by atoms with van der Waals surface area (Å²) in [5.74, 6) is -1.20. The number of carbonyl (C=O) groups is 2. The second kappa shape index (κ2) is 5.91. The molecule has 0 aromatic heterocycles. The van der Waals surface area contributed by atoms with Crippen LogP contribution in [0, 0.1) is 0 Å². The molecule has 0 aliphatic carbocycles. The number of esters is 1. The quantitative estimate of drug-likeness (QED) is 0.490. The van der Waals surface area contributed by atoms with Crippen LogP contribution in [-0.4, -0.2) is 24.1 Å². The van der Waals surface area contributed by atoms with E-state index in [0.29, 0.717) is 5.69 Å². The maximum absolute atomic E-state index is 11.3. The third-order valence-corrected chi connectivity index (χ3v) is 2.09. The number of phenols is 1. The first-order valence-corrected chi connectivity index (χ1v) is 4.96. The minimum atomic E-state index is -0.621. The zero-order valence-electron chi connectivity index (χ0n) is 8.94. The number of amides is 1. The van der Waals surface area contributed by atoms with Gasteiger partial charge in [0.15, 0.2) is 0 Å². The van der Waals surface area contributed by atoms with Gasteiger partial charge in [0.2, 0.25) is 5.91 Å². The highest BCUT2D eigenvalue weighted by molar-refractivity contribution is 6.32. The number of anilines is 1. The summed E-state index contributed by atoms with van der Waals surface area (Å²) in [6.45, 7) is 0. The van der Waals surface area contributed by atoms with E-state index in [2.05, 4.69) is 10.1 Å². The molecule has 5 nitrogen and oxygen atoms in total. The first kappa shape index (κ1) is 13.1. The first-order chi connectivity index (χ1) is 8.02. The van der Waals surface area contributed by atoms with Gasteiger partial charge in [-0.1, -0.05) is 11.6 Å². The number of phenolic OH excluding ortho intramolecular Hbond substituents is 1. The molecule has 0 atom stereocenters. The summed E-state index contributed by atoms with van der Waals surface area (Å²) >= 11 is 5.65. The van der Waals surface area contributed by atoms with E-state index in [1.165, 1.54) is 25.3 Å². The molecule has 1 rings (SSSR count). The van der Waals surface area contributed by atoms with Gasteiger partial charge in [0.05, 0.1) is 12.1 Å². The Hall–Kier alpha value is -2.01. The number of methoxy groups -OCH3 is 1. The highest BCUT2D eigenvalue weighted by Crippen LogP contribution is 2.25. The lowest BCUT2D eigenvalue weighted by Gasteiger charge is -2.03. The molecule has 1 amide bonds. The Labute approximate surface area is 103 Å². The topological polar surface area (TPSA) is 75.6 Å². The molecule has 0 saturated carbocycles. The monoisotopic (exact) mass is 255 g/mol. The number of aromatic hydroxyl groups is 1. The van der Waals surface area contributed by atoms with Crippen LogP contribution in [0.3, 0.4) is 0 Å². The second-order valence-corrected chi connectivity index (χ2v) is 3.42. The molecule has 0 unspecified atom stereocenters. The molecule has 0 aliphatic rings. The molecule has 0 radical (unpaired) electrons. The van der Waals surface area contributed by atoms with Crippen LogP contribution in [0.25, 0.3) is 0 Å². The molecule has 0 saturated heterocycles. The van der Waals surface area contributed by atoms with E-state index < -0.39 is 11.9 Å². The fourth-order valence-corrected chi connectivity index (χ4v) is 1.16. The standard InChI is InChI=1S/C11H10ClNO4/c1-17-11(16)5-4-10(15)13-7-2-3-9(14)8(12)6-7/h2-6,14H,1H3,(H,13,15).